The molecule has 1 N–H and O–H groups in total. The van der Waals surface area contributed by atoms with Gasteiger partial charge in [-0.3, -0.25) is 9.78 Å². The van der Waals surface area contributed by atoms with Gasteiger partial charge in [0.2, 0.25) is 0 Å². The van der Waals surface area contributed by atoms with Crippen LogP contribution in [0.5, 0.6) is 0 Å². The summed E-state index contributed by atoms with van der Waals surface area (Å²) < 4.78 is 0. The number of benzene rings is 2. The highest BCUT2D eigenvalue weighted by atomic mass is 32.1. The summed E-state index contributed by atoms with van der Waals surface area (Å²) in [6.07, 6.45) is 1.79. The molecule has 0 saturated heterocycles. The molecule has 0 aliphatic carbocycles. The average molecular weight is 344 g/mol. The summed E-state index contributed by atoms with van der Waals surface area (Å²) in [6.45, 7) is 0.475. The number of rotatable bonds is 4. The molecule has 0 spiro atoms. The lowest BCUT2D eigenvalue weighted by Crippen LogP contribution is -2.23. The van der Waals surface area contributed by atoms with Gasteiger partial charge in [-0.1, -0.05) is 42.5 Å². The number of fused-ring (bicyclic) bond motifs is 1. The molecule has 2 heterocycles. The summed E-state index contributed by atoms with van der Waals surface area (Å²) in [6, 6.07) is 21.7. The van der Waals surface area contributed by atoms with Crippen molar-refractivity contribution in [3.8, 4) is 10.6 Å². The summed E-state index contributed by atoms with van der Waals surface area (Å²) >= 11 is 1.66. The second-order valence-corrected chi connectivity index (χ2v) is 6.68. The van der Waals surface area contributed by atoms with Crippen LogP contribution in [0.15, 0.2) is 78.3 Å². The van der Waals surface area contributed by atoms with Gasteiger partial charge < -0.3 is 5.32 Å². The van der Waals surface area contributed by atoms with Gasteiger partial charge >= 0.3 is 0 Å². The van der Waals surface area contributed by atoms with Gasteiger partial charge in [0.1, 0.15) is 0 Å². The Balaban J connectivity index is 1.53. The molecule has 0 atom stereocenters. The molecular formula is C21H16N2OS. The van der Waals surface area contributed by atoms with Crippen LogP contribution in [-0.2, 0) is 6.54 Å². The van der Waals surface area contributed by atoms with Gasteiger partial charge in [-0.05, 0) is 46.0 Å². The van der Waals surface area contributed by atoms with Gasteiger partial charge in [0.15, 0.2) is 0 Å². The van der Waals surface area contributed by atoms with E-state index in [9.17, 15) is 4.79 Å². The Bertz CT molecular complexity index is 1020. The summed E-state index contributed by atoms with van der Waals surface area (Å²) in [5, 5.41) is 7.09. The maximum Gasteiger partial charge on any atom is 0.252 e. The van der Waals surface area contributed by atoms with Gasteiger partial charge in [-0.2, -0.15) is 0 Å². The number of aromatic nitrogens is 1. The van der Waals surface area contributed by atoms with E-state index in [4.69, 9.17) is 0 Å². The lowest BCUT2D eigenvalue weighted by atomic mass is 10.0. The molecule has 0 aliphatic heterocycles. The molecule has 0 radical (unpaired) electrons. The van der Waals surface area contributed by atoms with Gasteiger partial charge in [0.25, 0.3) is 5.91 Å². The van der Waals surface area contributed by atoms with E-state index < -0.39 is 0 Å². The Morgan fingerprint density at radius 2 is 1.88 bits per heavy atom. The molecule has 0 bridgehead atoms. The zero-order valence-electron chi connectivity index (χ0n) is 13.5. The minimum Gasteiger partial charge on any atom is -0.348 e. The monoisotopic (exact) mass is 344 g/mol. The van der Waals surface area contributed by atoms with E-state index in [2.05, 4.69) is 10.3 Å². The van der Waals surface area contributed by atoms with Crippen LogP contribution in [-0.4, -0.2) is 10.9 Å². The predicted molar refractivity (Wildman–Crippen MR) is 103 cm³/mol. The van der Waals surface area contributed by atoms with Crippen molar-refractivity contribution in [2.75, 3.05) is 0 Å². The van der Waals surface area contributed by atoms with Gasteiger partial charge in [-0.25, -0.2) is 0 Å². The van der Waals surface area contributed by atoms with Crippen molar-refractivity contribution in [1.82, 2.24) is 10.3 Å². The van der Waals surface area contributed by atoms with Crippen LogP contribution in [0.1, 0.15) is 15.9 Å². The standard InChI is InChI=1S/C21H16N2OS/c24-21(18-8-3-6-16-5-1-2-7-17(16)18)23-14-15-10-11-22-19(13-15)20-9-4-12-25-20/h1-13H,14H2,(H,23,24). The molecule has 0 unspecified atom stereocenters. The number of carbonyl (C=O) groups excluding carboxylic acids is 1. The van der Waals surface area contributed by atoms with Gasteiger partial charge in [0.05, 0.1) is 10.6 Å². The average Bonchev–Trinajstić information content (AvgIpc) is 3.21. The SMILES string of the molecule is O=C(NCc1ccnc(-c2cccs2)c1)c1cccc2ccccc12. The van der Waals surface area contributed by atoms with Gasteiger partial charge in [0, 0.05) is 18.3 Å². The van der Waals surface area contributed by atoms with Crippen molar-refractivity contribution in [2.45, 2.75) is 6.54 Å². The van der Waals surface area contributed by atoms with Crippen molar-refractivity contribution in [3.05, 3.63) is 89.4 Å². The lowest BCUT2D eigenvalue weighted by molar-refractivity contribution is 0.0952. The number of thiophene rings is 1. The molecule has 2 aromatic carbocycles. The van der Waals surface area contributed by atoms with Crippen LogP contribution in [0.3, 0.4) is 0 Å². The molecule has 25 heavy (non-hydrogen) atoms. The Kier molecular flexibility index (Phi) is 4.27. The Labute approximate surface area is 150 Å². The number of pyridine rings is 1. The van der Waals surface area contributed by atoms with Crippen molar-refractivity contribution < 1.29 is 4.79 Å². The Hall–Kier alpha value is -2.98. The maximum atomic E-state index is 12.6. The van der Waals surface area contributed by atoms with E-state index in [-0.39, 0.29) is 5.91 Å². The molecule has 0 saturated carbocycles. The van der Waals surface area contributed by atoms with E-state index in [1.807, 2.05) is 72.1 Å². The third-order valence-corrected chi connectivity index (χ3v) is 4.98. The second kappa shape index (κ2) is 6.87. The molecule has 3 nitrogen and oxygen atoms in total. The van der Waals surface area contributed by atoms with Gasteiger partial charge in [-0.15, -0.1) is 11.3 Å². The summed E-state index contributed by atoms with van der Waals surface area (Å²) in [5.41, 5.74) is 2.67. The molecule has 122 valence electrons. The van der Waals surface area contributed by atoms with Crippen LogP contribution < -0.4 is 5.32 Å². The number of nitrogens with one attached hydrogen (secondary N) is 1. The normalized spacial score (nSPS) is 10.7. The van der Waals surface area contributed by atoms with Crippen LogP contribution >= 0.6 is 11.3 Å². The highest BCUT2D eigenvalue weighted by molar-refractivity contribution is 7.13. The maximum absolute atomic E-state index is 12.6. The first-order valence-corrected chi connectivity index (χ1v) is 8.94. The summed E-state index contributed by atoms with van der Waals surface area (Å²) in [7, 11) is 0. The molecule has 4 aromatic rings. The second-order valence-electron chi connectivity index (χ2n) is 5.74. The third-order valence-electron chi connectivity index (χ3n) is 4.09. The van der Waals surface area contributed by atoms with Crippen molar-refractivity contribution in [1.29, 1.82) is 0 Å². The van der Waals surface area contributed by atoms with E-state index in [1.165, 1.54) is 0 Å². The predicted octanol–water partition coefficient (Wildman–Crippen LogP) is 4.89. The molecule has 2 aromatic heterocycles. The number of nitrogens with zero attached hydrogens (tertiary/aromatic N) is 1. The highest BCUT2D eigenvalue weighted by Crippen LogP contribution is 2.23. The number of carbonyl (C=O) groups is 1. The zero-order valence-corrected chi connectivity index (χ0v) is 14.3. The minimum atomic E-state index is -0.0636. The van der Waals surface area contributed by atoms with Crippen LogP contribution in [0.25, 0.3) is 21.3 Å². The highest BCUT2D eigenvalue weighted by Gasteiger charge is 2.09. The van der Waals surface area contributed by atoms with Crippen LogP contribution in [0, 0.1) is 0 Å². The smallest absolute Gasteiger partial charge is 0.252 e. The molecule has 0 aliphatic rings. The number of hydrogen-bond acceptors (Lipinski definition) is 3. The lowest BCUT2D eigenvalue weighted by Gasteiger charge is -2.09. The van der Waals surface area contributed by atoms with E-state index >= 15 is 0 Å². The summed E-state index contributed by atoms with van der Waals surface area (Å²) in [4.78, 5) is 18.2. The number of hydrogen-bond donors (Lipinski definition) is 1. The number of amides is 1. The van der Waals surface area contributed by atoms with Crippen molar-refractivity contribution in [2.24, 2.45) is 0 Å². The minimum absolute atomic E-state index is 0.0636. The van der Waals surface area contributed by atoms with Crippen molar-refractivity contribution >= 4 is 28.0 Å². The first-order valence-electron chi connectivity index (χ1n) is 8.06. The first-order chi connectivity index (χ1) is 12.3. The molecule has 4 rings (SSSR count). The summed E-state index contributed by atoms with van der Waals surface area (Å²) in [5.74, 6) is -0.0636. The van der Waals surface area contributed by atoms with Crippen LogP contribution in [0.2, 0.25) is 0 Å². The Morgan fingerprint density at radius 3 is 2.76 bits per heavy atom. The fourth-order valence-corrected chi connectivity index (χ4v) is 3.54. The van der Waals surface area contributed by atoms with Crippen LogP contribution in [0.4, 0.5) is 0 Å². The van der Waals surface area contributed by atoms with E-state index in [0.29, 0.717) is 12.1 Å². The fourth-order valence-electron chi connectivity index (χ4n) is 2.84. The fraction of sp³-hybridized carbons (Fsp3) is 0.0476. The molecule has 1 amide bonds. The molecule has 4 heteroatoms. The molecule has 0 fully saturated rings. The van der Waals surface area contributed by atoms with E-state index in [1.54, 1.807) is 17.5 Å². The quantitative estimate of drug-likeness (QED) is 0.572. The topological polar surface area (TPSA) is 42.0 Å². The first kappa shape index (κ1) is 15.5. The Morgan fingerprint density at radius 1 is 1.00 bits per heavy atom. The van der Waals surface area contributed by atoms with Crippen molar-refractivity contribution in [3.63, 3.8) is 0 Å². The largest absolute Gasteiger partial charge is 0.348 e. The van der Waals surface area contributed by atoms with E-state index in [0.717, 1.165) is 26.9 Å². The third kappa shape index (κ3) is 3.30. The zero-order chi connectivity index (χ0) is 17.1. The molecular weight excluding hydrogens is 328 g/mol.